The molecule has 0 spiro atoms. The normalized spacial score (nSPS) is 16.6. The molecule has 0 saturated heterocycles. The van der Waals surface area contributed by atoms with Gasteiger partial charge in [-0.1, -0.05) is 31.5 Å². The van der Waals surface area contributed by atoms with Crippen LogP contribution in [-0.2, 0) is 6.42 Å². The summed E-state index contributed by atoms with van der Waals surface area (Å²) in [6, 6.07) is 10.3. The fourth-order valence-corrected chi connectivity index (χ4v) is 3.50. The number of H-pyrrole nitrogens is 2. The Balaban J connectivity index is 1.93. The number of fused-ring (bicyclic) bond motifs is 2. The molecule has 1 aromatic carbocycles. The lowest BCUT2D eigenvalue weighted by Crippen LogP contribution is -2.21. The first-order valence-electron chi connectivity index (χ1n) is 8.45. The minimum atomic E-state index is -0.282. The molecule has 0 radical (unpaired) electrons. The molecule has 3 aromatic rings. The maximum atomic E-state index is 9.72. The number of nitriles is 1. The van der Waals surface area contributed by atoms with Crippen LogP contribution >= 0.6 is 0 Å². The van der Waals surface area contributed by atoms with Crippen LogP contribution in [0.15, 0.2) is 41.9 Å². The molecule has 1 aliphatic rings. The summed E-state index contributed by atoms with van der Waals surface area (Å²) in [6.45, 7) is 2.15. The van der Waals surface area contributed by atoms with Crippen LogP contribution < -0.4 is 10.5 Å². The Bertz CT molecular complexity index is 1000. The zero-order chi connectivity index (χ0) is 17.4. The smallest absolute Gasteiger partial charge is 0.244 e. The lowest BCUT2D eigenvalue weighted by Gasteiger charge is -2.23. The van der Waals surface area contributed by atoms with Crippen molar-refractivity contribution in [3.05, 3.63) is 58.7 Å². The molecule has 0 bridgehead atoms. The Kier molecular flexibility index (Phi) is 3.69. The number of ether oxygens (including phenoxy) is 1. The van der Waals surface area contributed by atoms with Crippen LogP contribution in [0.1, 0.15) is 42.5 Å². The number of aryl methyl sites for hydroxylation is 1. The molecule has 0 unspecified atom stereocenters. The Hall–Kier alpha value is -3.20. The molecule has 4 rings (SSSR count). The van der Waals surface area contributed by atoms with Crippen LogP contribution in [0.5, 0.6) is 5.88 Å². The number of para-hydroxylation sites is 1. The van der Waals surface area contributed by atoms with Gasteiger partial charge in [-0.3, -0.25) is 5.10 Å². The highest BCUT2D eigenvalue weighted by atomic mass is 16.5. The summed E-state index contributed by atoms with van der Waals surface area (Å²) in [6.07, 6.45) is 4.93. The van der Waals surface area contributed by atoms with Gasteiger partial charge in [-0.15, -0.1) is 5.10 Å². The molecule has 4 N–H and O–H groups in total. The predicted molar refractivity (Wildman–Crippen MR) is 94.8 cm³/mol. The largest absolute Gasteiger partial charge is 0.420 e. The van der Waals surface area contributed by atoms with Gasteiger partial charge in [0.25, 0.3) is 0 Å². The quantitative estimate of drug-likeness (QED) is 0.680. The van der Waals surface area contributed by atoms with Gasteiger partial charge in [0.05, 0.1) is 11.5 Å². The number of allylic oxidation sites excluding steroid dienone is 1. The molecular formula is C19H19N5O. The molecule has 0 fully saturated rings. The fraction of sp³-hybridized carbons (Fsp3) is 0.263. The van der Waals surface area contributed by atoms with E-state index >= 15 is 0 Å². The average molecular weight is 333 g/mol. The van der Waals surface area contributed by atoms with Gasteiger partial charge in [0, 0.05) is 22.8 Å². The average Bonchev–Trinajstić information content (AvgIpc) is 3.22. The van der Waals surface area contributed by atoms with E-state index in [1.807, 2.05) is 30.5 Å². The molecule has 3 heterocycles. The second-order valence-corrected chi connectivity index (χ2v) is 6.24. The van der Waals surface area contributed by atoms with Crippen molar-refractivity contribution in [2.24, 2.45) is 5.73 Å². The van der Waals surface area contributed by atoms with E-state index < -0.39 is 0 Å². The molecule has 25 heavy (non-hydrogen) atoms. The molecule has 126 valence electrons. The van der Waals surface area contributed by atoms with E-state index in [1.165, 1.54) is 0 Å². The first kappa shape index (κ1) is 15.3. The summed E-state index contributed by atoms with van der Waals surface area (Å²) >= 11 is 0. The minimum absolute atomic E-state index is 0.124. The number of nitrogens with two attached hydrogens (primary N) is 1. The van der Waals surface area contributed by atoms with Gasteiger partial charge in [-0.25, -0.2) is 0 Å². The molecule has 6 heteroatoms. The lowest BCUT2D eigenvalue weighted by atomic mass is 9.83. The van der Waals surface area contributed by atoms with E-state index in [0.717, 1.165) is 47.0 Å². The second-order valence-electron chi connectivity index (χ2n) is 6.24. The van der Waals surface area contributed by atoms with E-state index in [4.69, 9.17) is 10.5 Å². The predicted octanol–water partition coefficient (Wildman–Crippen LogP) is 3.45. The topological polar surface area (TPSA) is 104 Å². The standard InChI is InChI=1S/C19H19N5O/c1-2-3-7-15-17-16(12(9-20)18(21)25-19(17)24-23-15)13-10-22-14-8-5-4-6-11(13)14/h4-6,8,10,16,22H,2-3,7,21H2,1H3,(H,23,24)/t16-/m1/s1. The van der Waals surface area contributed by atoms with Gasteiger partial charge in [-0.05, 0) is 24.5 Å². The molecule has 6 nitrogen and oxygen atoms in total. The maximum Gasteiger partial charge on any atom is 0.244 e. The lowest BCUT2D eigenvalue weighted by molar-refractivity contribution is 0.379. The van der Waals surface area contributed by atoms with E-state index in [9.17, 15) is 5.26 Å². The van der Waals surface area contributed by atoms with Crippen LogP contribution in [0.3, 0.4) is 0 Å². The maximum absolute atomic E-state index is 9.72. The number of nitrogens with one attached hydrogen (secondary N) is 2. The molecule has 0 aliphatic carbocycles. The third-order valence-electron chi connectivity index (χ3n) is 4.73. The zero-order valence-corrected chi connectivity index (χ0v) is 14.0. The molecule has 2 aromatic heterocycles. The molecule has 1 aliphatic heterocycles. The van der Waals surface area contributed by atoms with Crippen molar-refractivity contribution in [1.82, 2.24) is 15.2 Å². The fourth-order valence-electron chi connectivity index (χ4n) is 3.50. The van der Waals surface area contributed by atoms with E-state index in [2.05, 4.69) is 28.2 Å². The Morgan fingerprint density at radius 1 is 1.36 bits per heavy atom. The van der Waals surface area contributed by atoms with E-state index in [-0.39, 0.29) is 11.8 Å². The summed E-state index contributed by atoms with van der Waals surface area (Å²) < 4.78 is 5.62. The summed E-state index contributed by atoms with van der Waals surface area (Å²) in [4.78, 5) is 3.29. The third kappa shape index (κ3) is 2.36. The van der Waals surface area contributed by atoms with Crippen LogP contribution in [-0.4, -0.2) is 15.2 Å². The van der Waals surface area contributed by atoms with Crippen LogP contribution in [0.2, 0.25) is 0 Å². The molecule has 1 atom stereocenters. The van der Waals surface area contributed by atoms with Gasteiger partial charge in [0.1, 0.15) is 11.6 Å². The van der Waals surface area contributed by atoms with Crippen molar-refractivity contribution >= 4 is 10.9 Å². The van der Waals surface area contributed by atoms with Crippen LogP contribution in [0.25, 0.3) is 10.9 Å². The monoisotopic (exact) mass is 333 g/mol. The minimum Gasteiger partial charge on any atom is -0.420 e. The molecular weight excluding hydrogens is 314 g/mol. The number of nitrogens with zero attached hydrogens (tertiary/aromatic N) is 2. The second kappa shape index (κ2) is 6.02. The molecule has 0 amide bonds. The van der Waals surface area contributed by atoms with Gasteiger partial charge in [0.15, 0.2) is 0 Å². The first-order chi connectivity index (χ1) is 12.2. The van der Waals surface area contributed by atoms with Crippen molar-refractivity contribution in [3.8, 4) is 11.9 Å². The van der Waals surface area contributed by atoms with Crippen molar-refractivity contribution in [2.75, 3.05) is 0 Å². The Morgan fingerprint density at radius 3 is 3.00 bits per heavy atom. The van der Waals surface area contributed by atoms with Crippen molar-refractivity contribution in [3.63, 3.8) is 0 Å². The Morgan fingerprint density at radius 2 is 2.20 bits per heavy atom. The van der Waals surface area contributed by atoms with Crippen molar-refractivity contribution < 1.29 is 4.74 Å². The van der Waals surface area contributed by atoms with Crippen molar-refractivity contribution in [2.45, 2.75) is 32.1 Å². The summed E-state index contributed by atoms with van der Waals surface area (Å²) in [7, 11) is 0. The number of rotatable bonds is 4. The van der Waals surface area contributed by atoms with Crippen molar-refractivity contribution in [1.29, 1.82) is 5.26 Å². The van der Waals surface area contributed by atoms with E-state index in [1.54, 1.807) is 0 Å². The third-order valence-corrected chi connectivity index (χ3v) is 4.73. The van der Waals surface area contributed by atoms with Gasteiger partial charge in [-0.2, -0.15) is 5.26 Å². The number of hydrogen-bond donors (Lipinski definition) is 3. The highest BCUT2D eigenvalue weighted by Gasteiger charge is 2.36. The number of benzene rings is 1. The van der Waals surface area contributed by atoms with Gasteiger partial charge < -0.3 is 15.5 Å². The highest BCUT2D eigenvalue weighted by Crippen LogP contribution is 2.44. The highest BCUT2D eigenvalue weighted by molar-refractivity contribution is 5.85. The number of aromatic amines is 2. The van der Waals surface area contributed by atoms with Gasteiger partial charge >= 0.3 is 0 Å². The number of hydrogen-bond acceptors (Lipinski definition) is 4. The summed E-state index contributed by atoms with van der Waals surface area (Å²) in [5.41, 5.74) is 10.4. The first-order valence-corrected chi connectivity index (χ1v) is 8.45. The van der Waals surface area contributed by atoms with Gasteiger partial charge in [0.2, 0.25) is 11.8 Å². The SMILES string of the molecule is CCCCc1[nH]nc2c1[C@@H](c1c[nH]c3ccccc13)C(C#N)=C(N)O2. The number of unbranched alkanes of at least 4 members (excludes halogenated alkanes) is 1. The number of aromatic nitrogens is 3. The summed E-state index contributed by atoms with van der Waals surface area (Å²) in [5, 5.41) is 18.2. The zero-order valence-electron chi connectivity index (χ0n) is 14.0. The van der Waals surface area contributed by atoms with Crippen LogP contribution in [0, 0.1) is 11.3 Å². The van der Waals surface area contributed by atoms with E-state index in [0.29, 0.717) is 11.5 Å². The van der Waals surface area contributed by atoms with Crippen LogP contribution in [0.4, 0.5) is 0 Å². The summed E-state index contributed by atoms with van der Waals surface area (Å²) in [5.74, 6) is 0.312. The Labute approximate surface area is 145 Å². The molecule has 0 saturated carbocycles.